The first-order valence-electron chi connectivity index (χ1n) is 2.93. The summed E-state index contributed by atoms with van der Waals surface area (Å²) in [4.78, 5) is 9.94. The molecule has 1 aromatic rings. The zero-order chi connectivity index (χ0) is 7.40. The van der Waals surface area contributed by atoms with Crippen molar-refractivity contribution < 1.29 is 4.79 Å². The maximum Gasteiger partial charge on any atom is 0.218 e. The van der Waals surface area contributed by atoms with E-state index < -0.39 is 6.04 Å². The summed E-state index contributed by atoms with van der Waals surface area (Å²) in [5, 5.41) is 3.86. The molecular weight excluding hydrogens is 130 g/mol. The monoisotopic (exact) mass is 138 g/mol. The van der Waals surface area contributed by atoms with Crippen molar-refractivity contribution in [1.82, 2.24) is 9.78 Å². The lowest BCUT2D eigenvalue weighted by atomic mass is 10.3. The van der Waals surface area contributed by atoms with Crippen LogP contribution >= 0.6 is 0 Å². The van der Waals surface area contributed by atoms with E-state index in [0.29, 0.717) is 6.54 Å². The third-order valence-electron chi connectivity index (χ3n) is 1.09. The first kappa shape index (κ1) is 6.95. The first-order valence-corrected chi connectivity index (χ1v) is 2.93. The van der Waals surface area contributed by atoms with Crippen LogP contribution in [-0.2, 0) is 11.3 Å². The zero-order valence-electron chi connectivity index (χ0n) is 5.40. The molecule has 0 bridgehead atoms. The predicted molar refractivity (Wildman–Crippen MR) is 35.9 cm³/mol. The Kier molecular flexibility index (Phi) is 2.17. The van der Waals surface area contributed by atoms with E-state index in [4.69, 9.17) is 5.73 Å². The second kappa shape index (κ2) is 3.12. The van der Waals surface area contributed by atoms with Crippen LogP contribution in [0.15, 0.2) is 18.5 Å². The smallest absolute Gasteiger partial charge is 0.218 e. The Morgan fingerprint density at radius 3 is 3.10 bits per heavy atom. The fourth-order valence-corrected chi connectivity index (χ4v) is 0.647. The number of aromatic nitrogens is 2. The van der Waals surface area contributed by atoms with Gasteiger partial charge < -0.3 is 5.73 Å². The number of hydrogen-bond acceptors (Lipinski definition) is 3. The minimum atomic E-state index is -0.570. The molecule has 10 heavy (non-hydrogen) atoms. The van der Waals surface area contributed by atoms with Crippen LogP contribution in [0.5, 0.6) is 0 Å². The van der Waals surface area contributed by atoms with Crippen LogP contribution in [0.1, 0.15) is 0 Å². The van der Waals surface area contributed by atoms with Gasteiger partial charge in [-0.3, -0.25) is 9.48 Å². The van der Waals surface area contributed by atoms with E-state index >= 15 is 0 Å². The molecule has 0 aliphatic rings. The van der Waals surface area contributed by atoms with Gasteiger partial charge in [-0.15, -0.1) is 0 Å². The summed E-state index contributed by atoms with van der Waals surface area (Å²) in [6.07, 6.45) is 5.05. The van der Waals surface area contributed by atoms with Gasteiger partial charge >= 0.3 is 0 Å². The molecule has 1 atom stereocenters. The molecular formula is C6H8N3O. The molecule has 0 aromatic carbocycles. The number of rotatable bonds is 3. The Labute approximate surface area is 58.6 Å². The first-order chi connectivity index (χ1) is 4.83. The summed E-state index contributed by atoms with van der Waals surface area (Å²) in [6, 6.07) is 1.21. The Balaban J connectivity index is 2.47. The Bertz CT molecular complexity index is 195. The van der Waals surface area contributed by atoms with Gasteiger partial charge in [0.15, 0.2) is 0 Å². The molecule has 0 aliphatic carbocycles. The van der Waals surface area contributed by atoms with Gasteiger partial charge in [0.2, 0.25) is 6.29 Å². The molecule has 1 heterocycles. The molecule has 0 saturated carbocycles. The van der Waals surface area contributed by atoms with E-state index in [-0.39, 0.29) is 0 Å². The molecule has 0 saturated heterocycles. The van der Waals surface area contributed by atoms with Crippen LogP contribution in [0, 0.1) is 0 Å². The second-order valence-electron chi connectivity index (χ2n) is 1.95. The number of nitrogens with zero attached hydrogens (tertiary/aromatic N) is 2. The molecule has 53 valence electrons. The highest BCUT2D eigenvalue weighted by Gasteiger charge is 2.00. The van der Waals surface area contributed by atoms with E-state index in [1.165, 1.54) is 0 Å². The lowest BCUT2D eigenvalue weighted by Gasteiger charge is -2.01. The van der Waals surface area contributed by atoms with Crippen molar-refractivity contribution in [3.05, 3.63) is 18.5 Å². The maximum atomic E-state index is 9.94. The highest BCUT2D eigenvalue weighted by Crippen LogP contribution is 1.85. The molecule has 2 N–H and O–H groups in total. The Morgan fingerprint density at radius 1 is 1.80 bits per heavy atom. The summed E-state index contributed by atoms with van der Waals surface area (Å²) in [5.41, 5.74) is 5.28. The van der Waals surface area contributed by atoms with E-state index in [9.17, 15) is 4.79 Å². The highest BCUT2D eigenvalue weighted by atomic mass is 16.1. The van der Waals surface area contributed by atoms with E-state index in [0.717, 1.165) is 0 Å². The average molecular weight is 138 g/mol. The Morgan fingerprint density at radius 2 is 2.60 bits per heavy atom. The van der Waals surface area contributed by atoms with Crippen LogP contribution in [0.3, 0.4) is 0 Å². The second-order valence-corrected chi connectivity index (χ2v) is 1.95. The van der Waals surface area contributed by atoms with Gasteiger partial charge in [-0.25, -0.2) is 0 Å². The SMILES string of the molecule is N[C@H]([C]=O)Cn1cccn1. The van der Waals surface area contributed by atoms with Crippen molar-refractivity contribution in [3.63, 3.8) is 0 Å². The summed E-state index contributed by atoms with van der Waals surface area (Å²) >= 11 is 0. The van der Waals surface area contributed by atoms with Gasteiger partial charge in [-0.05, 0) is 6.07 Å². The number of nitrogens with two attached hydrogens (primary N) is 1. The minimum Gasteiger partial charge on any atom is -0.320 e. The van der Waals surface area contributed by atoms with Gasteiger partial charge in [0.05, 0.1) is 12.6 Å². The molecule has 0 spiro atoms. The van der Waals surface area contributed by atoms with E-state index in [2.05, 4.69) is 5.10 Å². The van der Waals surface area contributed by atoms with Gasteiger partial charge in [-0.1, -0.05) is 0 Å². The molecule has 0 fully saturated rings. The van der Waals surface area contributed by atoms with Gasteiger partial charge in [0, 0.05) is 12.4 Å². The van der Waals surface area contributed by atoms with Gasteiger partial charge in [0.1, 0.15) is 0 Å². The highest BCUT2D eigenvalue weighted by molar-refractivity contribution is 5.57. The lowest BCUT2D eigenvalue weighted by Crippen LogP contribution is -2.27. The third-order valence-corrected chi connectivity index (χ3v) is 1.09. The largest absolute Gasteiger partial charge is 0.320 e. The van der Waals surface area contributed by atoms with Crippen LogP contribution in [-0.4, -0.2) is 22.1 Å². The number of hydrogen-bond donors (Lipinski definition) is 1. The third kappa shape index (κ3) is 1.66. The molecule has 0 aliphatic heterocycles. The standard InChI is InChI=1S/C6H8N3O/c7-6(5-10)4-9-3-1-2-8-9/h1-3,6H,4,7H2/t6-/m0/s1. The topological polar surface area (TPSA) is 60.9 Å². The van der Waals surface area contributed by atoms with Crippen molar-refractivity contribution >= 4 is 6.29 Å². The zero-order valence-corrected chi connectivity index (χ0v) is 5.40. The molecule has 0 unspecified atom stereocenters. The van der Waals surface area contributed by atoms with Crippen molar-refractivity contribution in [1.29, 1.82) is 0 Å². The molecule has 1 aromatic heterocycles. The fourth-order valence-electron chi connectivity index (χ4n) is 0.647. The normalized spacial score (nSPS) is 12.9. The lowest BCUT2D eigenvalue weighted by molar-refractivity contribution is 0.512. The van der Waals surface area contributed by atoms with Crippen LogP contribution < -0.4 is 5.73 Å². The van der Waals surface area contributed by atoms with E-state index in [1.807, 2.05) is 0 Å². The predicted octanol–water partition coefficient (Wildman–Crippen LogP) is -0.680. The fraction of sp³-hybridized carbons (Fsp3) is 0.333. The van der Waals surface area contributed by atoms with Crippen LogP contribution in [0.4, 0.5) is 0 Å². The summed E-state index contributed by atoms with van der Waals surface area (Å²) < 4.78 is 1.59. The maximum absolute atomic E-state index is 9.94. The van der Waals surface area contributed by atoms with Crippen LogP contribution in [0.25, 0.3) is 0 Å². The average Bonchev–Trinajstić information content (AvgIpc) is 2.40. The molecule has 1 rings (SSSR count). The molecule has 4 nitrogen and oxygen atoms in total. The van der Waals surface area contributed by atoms with Crippen molar-refractivity contribution in [2.24, 2.45) is 5.73 Å². The minimum absolute atomic E-state index is 0.399. The molecule has 0 amide bonds. The van der Waals surface area contributed by atoms with Crippen molar-refractivity contribution in [3.8, 4) is 0 Å². The molecule has 4 heteroatoms. The molecule has 1 radical (unpaired) electrons. The summed E-state index contributed by atoms with van der Waals surface area (Å²) in [5.74, 6) is 0. The quantitative estimate of drug-likeness (QED) is 0.602. The van der Waals surface area contributed by atoms with Gasteiger partial charge in [0.25, 0.3) is 0 Å². The van der Waals surface area contributed by atoms with Crippen molar-refractivity contribution in [2.75, 3.05) is 0 Å². The van der Waals surface area contributed by atoms with Crippen LogP contribution in [0.2, 0.25) is 0 Å². The van der Waals surface area contributed by atoms with Gasteiger partial charge in [-0.2, -0.15) is 5.10 Å². The summed E-state index contributed by atoms with van der Waals surface area (Å²) in [7, 11) is 0. The van der Waals surface area contributed by atoms with E-state index in [1.54, 1.807) is 29.4 Å². The Hall–Kier alpha value is -1.16. The van der Waals surface area contributed by atoms with Crippen molar-refractivity contribution in [2.45, 2.75) is 12.6 Å². The summed E-state index contributed by atoms with van der Waals surface area (Å²) in [6.45, 7) is 0.399. The number of carbonyl (C=O) groups excluding carboxylic acids is 1.